The van der Waals surface area contributed by atoms with Crippen LogP contribution in [0.25, 0.3) is 16.3 Å². The fourth-order valence-corrected chi connectivity index (χ4v) is 3.08. The number of fused-ring (bicyclic) bond motifs is 1. The normalized spacial score (nSPS) is 8.29. The Hall–Kier alpha value is -1.15. The van der Waals surface area contributed by atoms with Crippen LogP contribution in [-0.2, 0) is 103 Å². The number of rotatable bonds is 3. The average Bonchev–Trinajstić information content (AvgIpc) is 2.98. The van der Waals surface area contributed by atoms with Crippen LogP contribution in [0.1, 0.15) is 76.9 Å². The maximum atomic E-state index is 12.8. The molecule has 0 amide bonds. The number of aromatic nitrogens is 1. The van der Waals surface area contributed by atoms with E-state index in [0.717, 1.165) is 11.6 Å². The van der Waals surface area contributed by atoms with Crippen molar-refractivity contribution in [3.05, 3.63) is 146 Å². The Balaban J connectivity index is -0.0000000733. The second-order valence-electron chi connectivity index (χ2n) is 7.73. The number of carbonyl (C=O) groups is 2. The van der Waals surface area contributed by atoms with Gasteiger partial charge in [0.15, 0.2) is 5.78 Å². The maximum Gasteiger partial charge on any atom is 0.328 e. The topological polar surface area (TPSA) is 87.2 Å². The maximum absolute atomic E-state index is 12.8. The summed E-state index contributed by atoms with van der Waals surface area (Å²) >= 11 is 0. The summed E-state index contributed by atoms with van der Waals surface area (Å²) in [5.74, 6) is -2.19. The molecular formula is C37H51F3NO4Y3-3. The van der Waals surface area contributed by atoms with Crippen molar-refractivity contribution in [3.8, 4) is 0 Å². The predicted molar refractivity (Wildman–Crippen MR) is 187 cm³/mol. The van der Waals surface area contributed by atoms with E-state index in [2.05, 4.69) is 4.98 Å². The molecule has 4 rings (SSSR count). The third-order valence-electron chi connectivity index (χ3n) is 4.92. The van der Waals surface area contributed by atoms with E-state index in [4.69, 9.17) is 5.11 Å². The number of pyridine rings is 1. The molecule has 0 atom stereocenters. The fourth-order valence-electron chi connectivity index (χ4n) is 3.08. The number of aryl methyl sites for hydroxylation is 1. The molecule has 261 valence electrons. The third kappa shape index (κ3) is 26.7. The summed E-state index contributed by atoms with van der Waals surface area (Å²) in [6, 6.07) is 15.6. The van der Waals surface area contributed by atoms with Crippen molar-refractivity contribution in [2.24, 2.45) is 0 Å². The van der Waals surface area contributed by atoms with Crippen LogP contribution in [0.2, 0.25) is 0 Å². The monoisotopic (exact) mass is 897 g/mol. The number of carbonyl (C=O) groups excluding carboxylic acids is 1. The van der Waals surface area contributed by atoms with Gasteiger partial charge in [-0.15, -0.1) is 0 Å². The van der Waals surface area contributed by atoms with Crippen molar-refractivity contribution < 1.29 is 126 Å². The van der Waals surface area contributed by atoms with Gasteiger partial charge in [-0.1, -0.05) is 65.8 Å². The first-order chi connectivity index (χ1) is 20.0. The van der Waals surface area contributed by atoms with Gasteiger partial charge in [0.2, 0.25) is 0 Å². The summed E-state index contributed by atoms with van der Waals surface area (Å²) in [5, 5.41) is 9.64. The van der Waals surface area contributed by atoms with Gasteiger partial charge >= 0.3 is 5.97 Å². The quantitative estimate of drug-likeness (QED) is 0.122. The SMILES string of the molecule is C/C(=C\C(=O)O)c1cccc(F)c1.CC.CC.CC.CC(=O)c1cccc(F)c1.Cc1c[nH]c(=O)c2ccc(F)cc12.[CH3-].[CH3-].[CH3-].[Y].[Y].[Y]. The van der Waals surface area contributed by atoms with E-state index in [1.54, 1.807) is 31.3 Å². The minimum atomic E-state index is -1.03. The molecule has 11 heteroatoms. The molecule has 3 aromatic carbocycles. The summed E-state index contributed by atoms with van der Waals surface area (Å²) in [6.07, 6.45) is 2.64. The Kier molecular flexibility index (Phi) is 52.5. The molecule has 0 fully saturated rings. The number of allylic oxidation sites excluding steroid dienone is 1. The van der Waals surface area contributed by atoms with Crippen LogP contribution in [0.15, 0.2) is 83.8 Å². The molecular weight excluding hydrogens is 846 g/mol. The van der Waals surface area contributed by atoms with Crippen molar-refractivity contribution >= 4 is 28.1 Å². The first-order valence-corrected chi connectivity index (χ1v) is 13.7. The van der Waals surface area contributed by atoms with Gasteiger partial charge < -0.3 is 32.4 Å². The summed E-state index contributed by atoms with van der Waals surface area (Å²) < 4.78 is 37.9. The average molecular weight is 898 g/mol. The van der Waals surface area contributed by atoms with Gasteiger partial charge in [-0.3, -0.25) is 9.59 Å². The predicted octanol–water partition coefficient (Wildman–Crippen LogP) is 10.7. The summed E-state index contributed by atoms with van der Waals surface area (Å²) in [7, 11) is 0. The molecule has 0 spiro atoms. The van der Waals surface area contributed by atoms with Gasteiger partial charge in [-0.25, -0.2) is 18.0 Å². The largest absolute Gasteiger partial charge is 0.478 e. The Bertz CT molecular complexity index is 1490. The van der Waals surface area contributed by atoms with Crippen molar-refractivity contribution in [2.45, 2.75) is 62.3 Å². The standard InChI is InChI=1S/C10H8FNO.C10H9FO2.C8H7FO.3C2H6.3CH3.3Y/c1-6-5-12-10(13)8-3-2-7(11)4-9(6)8;1-7(5-10(12)13)8-3-2-4-9(11)6-8;1-6(10)7-3-2-4-8(9)5-7;3*1-2;;;;;;/h2-5H,1H3,(H,12,13);2-6H,1H3,(H,12,13);2-5H,1H3;3*1-2H3;3*1H3;;;/q;;;;;;3*-1;;;/b;7-5+;;;;;;;;;;. The van der Waals surface area contributed by atoms with E-state index in [1.165, 1.54) is 55.5 Å². The van der Waals surface area contributed by atoms with Crippen molar-refractivity contribution in [2.75, 3.05) is 0 Å². The molecule has 2 N–H and O–H groups in total. The second-order valence-corrected chi connectivity index (χ2v) is 7.73. The number of ketones is 1. The first-order valence-electron chi connectivity index (χ1n) is 13.7. The van der Waals surface area contributed by atoms with E-state index in [-0.39, 0.29) is 149 Å². The van der Waals surface area contributed by atoms with E-state index < -0.39 is 5.97 Å². The Morgan fingerprint density at radius 3 is 1.48 bits per heavy atom. The van der Waals surface area contributed by atoms with Crippen LogP contribution in [0.4, 0.5) is 13.2 Å². The van der Waals surface area contributed by atoms with E-state index in [9.17, 15) is 27.6 Å². The number of carboxylic acid groups (broad SMARTS) is 1. The molecule has 5 nitrogen and oxygen atoms in total. The molecule has 0 saturated carbocycles. The zero-order chi connectivity index (χ0) is 32.8. The van der Waals surface area contributed by atoms with Crippen molar-refractivity contribution in [1.29, 1.82) is 0 Å². The molecule has 0 aliphatic heterocycles. The Labute approximate surface area is 363 Å². The molecule has 0 saturated heterocycles. The van der Waals surface area contributed by atoms with E-state index >= 15 is 0 Å². The number of aromatic amines is 1. The van der Waals surface area contributed by atoms with Crippen LogP contribution in [0, 0.1) is 46.7 Å². The van der Waals surface area contributed by atoms with Gasteiger partial charge in [-0.2, -0.15) is 0 Å². The third-order valence-corrected chi connectivity index (χ3v) is 4.92. The Morgan fingerprint density at radius 2 is 1.08 bits per heavy atom. The van der Waals surface area contributed by atoms with Gasteiger partial charge in [0.25, 0.3) is 5.56 Å². The van der Waals surface area contributed by atoms with Gasteiger partial charge in [0.1, 0.15) is 17.5 Å². The number of aliphatic carboxylic acids is 1. The van der Waals surface area contributed by atoms with Crippen LogP contribution < -0.4 is 5.56 Å². The molecule has 0 unspecified atom stereocenters. The number of H-pyrrole nitrogens is 1. The molecule has 1 heterocycles. The minimum Gasteiger partial charge on any atom is -0.478 e. The Morgan fingerprint density at radius 1 is 0.667 bits per heavy atom. The van der Waals surface area contributed by atoms with Gasteiger partial charge in [-0.05, 0) is 85.3 Å². The molecule has 0 bridgehead atoms. The first kappa shape index (κ1) is 65.3. The molecule has 3 radical (unpaired) electrons. The van der Waals surface area contributed by atoms with E-state index in [0.29, 0.717) is 27.5 Å². The van der Waals surface area contributed by atoms with Crippen LogP contribution in [0.5, 0.6) is 0 Å². The number of hydrogen-bond donors (Lipinski definition) is 2. The zero-order valence-corrected chi connectivity index (χ0v) is 39.1. The summed E-state index contributed by atoms with van der Waals surface area (Å²) in [4.78, 5) is 34.8. The molecule has 0 aliphatic rings. The smallest absolute Gasteiger partial charge is 0.328 e. The molecule has 0 aliphatic carbocycles. The summed E-state index contributed by atoms with van der Waals surface area (Å²) in [6.45, 7) is 16.9. The van der Waals surface area contributed by atoms with Gasteiger partial charge in [0, 0.05) is 121 Å². The number of hydrogen-bond acceptors (Lipinski definition) is 3. The number of nitrogens with one attached hydrogen (secondary N) is 1. The second kappa shape index (κ2) is 38.7. The summed E-state index contributed by atoms with van der Waals surface area (Å²) in [5.41, 5.74) is 2.23. The van der Waals surface area contributed by atoms with Crippen molar-refractivity contribution in [3.63, 3.8) is 0 Å². The zero-order valence-electron chi connectivity index (χ0n) is 30.5. The van der Waals surface area contributed by atoms with Crippen LogP contribution in [-0.4, -0.2) is 21.8 Å². The van der Waals surface area contributed by atoms with Gasteiger partial charge in [0.05, 0.1) is 0 Å². The van der Waals surface area contributed by atoms with Crippen LogP contribution in [0.3, 0.4) is 0 Å². The van der Waals surface area contributed by atoms with E-state index in [1.807, 2.05) is 48.5 Å². The molecule has 1 aromatic heterocycles. The minimum absolute atomic E-state index is 0. The number of Topliss-reactive ketones (excluding diaryl/α,β-unsaturated/α-hetero) is 1. The fraction of sp³-hybridized carbons (Fsp3) is 0.243. The molecule has 4 aromatic rings. The number of benzene rings is 3. The number of halogens is 3. The molecule has 48 heavy (non-hydrogen) atoms. The van der Waals surface area contributed by atoms with Crippen molar-refractivity contribution in [1.82, 2.24) is 4.98 Å². The van der Waals surface area contributed by atoms with Crippen LogP contribution >= 0.6 is 0 Å². The number of carboxylic acids is 1.